The van der Waals surface area contributed by atoms with Gasteiger partial charge in [0.2, 0.25) is 5.91 Å². The fraction of sp³-hybridized carbons (Fsp3) is 0.300. The number of rotatable bonds is 5. The normalized spacial score (nSPS) is 17.2. The number of nitrogens with zero attached hydrogens (tertiary/aromatic N) is 1. The molecular formula is C20H22N2O3. The minimum atomic E-state index is -0.552. The van der Waals surface area contributed by atoms with Crippen molar-refractivity contribution in [3.63, 3.8) is 0 Å². The van der Waals surface area contributed by atoms with Gasteiger partial charge in [0.05, 0.1) is 0 Å². The Balaban J connectivity index is 1.51. The number of likely N-dealkylation sites (tertiary alicyclic amines) is 1. The first-order valence-electron chi connectivity index (χ1n) is 8.52. The van der Waals surface area contributed by atoms with Crippen LogP contribution in [-0.4, -0.2) is 29.5 Å². The summed E-state index contributed by atoms with van der Waals surface area (Å²) in [5.74, 6) is -0.0493. The Morgan fingerprint density at radius 2 is 1.68 bits per heavy atom. The summed E-state index contributed by atoms with van der Waals surface area (Å²) >= 11 is 0. The standard InChI is InChI=1S/C20H22N2O3/c23-19-18(21-20(24)25-15-17-10-5-2-6-11-17)12-7-13-22(19)14-16-8-3-1-4-9-16/h1-6,8-11,18H,7,12-15H2,(H,21,24)/t18-/m0/s1. The van der Waals surface area contributed by atoms with Crippen LogP contribution in [-0.2, 0) is 22.7 Å². The molecule has 0 bridgehead atoms. The van der Waals surface area contributed by atoms with Crippen LogP contribution < -0.4 is 5.32 Å². The Bertz CT molecular complexity index is 703. The van der Waals surface area contributed by atoms with Crippen molar-refractivity contribution in [1.82, 2.24) is 10.2 Å². The summed E-state index contributed by atoms with van der Waals surface area (Å²) in [6.45, 7) is 1.48. The van der Waals surface area contributed by atoms with Crippen LogP contribution in [0.2, 0.25) is 0 Å². The molecule has 0 spiro atoms. The van der Waals surface area contributed by atoms with E-state index in [2.05, 4.69) is 5.32 Å². The minimum absolute atomic E-state index is 0.0493. The van der Waals surface area contributed by atoms with E-state index in [1.807, 2.05) is 60.7 Å². The smallest absolute Gasteiger partial charge is 0.408 e. The lowest BCUT2D eigenvalue weighted by Crippen LogP contribution is -2.51. The molecule has 1 fully saturated rings. The Hall–Kier alpha value is -2.82. The van der Waals surface area contributed by atoms with Gasteiger partial charge in [-0.2, -0.15) is 0 Å². The van der Waals surface area contributed by atoms with Gasteiger partial charge in [-0.15, -0.1) is 0 Å². The van der Waals surface area contributed by atoms with Crippen LogP contribution in [0.1, 0.15) is 24.0 Å². The molecule has 2 aromatic rings. The number of amides is 2. The van der Waals surface area contributed by atoms with E-state index in [9.17, 15) is 9.59 Å². The summed E-state index contributed by atoms with van der Waals surface area (Å²) < 4.78 is 5.21. The molecule has 25 heavy (non-hydrogen) atoms. The molecule has 0 aliphatic carbocycles. The number of ether oxygens (including phenoxy) is 1. The molecule has 5 heteroatoms. The predicted molar refractivity (Wildman–Crippen MR) is 94.6 cm³/mol. The highest BCUT2D eigenvalue weighted by molar-refractivity contribution is 5.86. The van der Waals surface area contributed by atoms with Gasteiger partial charge >= 0.3 is 6.09 Å². The van der Waals surface area contributed by atoms with Gasteiger partial charge in [-0.3, -0.25) is 4.79 Å². The summed E-state index contributed by atoms with van der Waals surface area (Å²) in [6, 6.07) is 18.8. The molecule has 1 N–H and O–H groups in total. The van der Waals surface area contributed by atoms with Crippen molar-refractivity contribution in [2.24, 2.45) is 0 Å². The summed E-state index contributed by atoms with van der Waals surface area (Å²) in [5, 5.41) is 2.70. The lowest BCUT2D eigenvalue weighted by atomic mass is 10.0. The minimum Gasteiger partial charge on any atom is -0.445 e. The second kappa shape index (κ2) is 8.33. The first-order chi connectivity index (χ1) is 12.2. The van der Waals surface area contributed by atoms with Crippen LogP contribution in [0.15, 0.2) is 60.7 Å². The molecule has 1 heterocycles. The maximum atomic E-state index is 12.6. The molecule has 0 aromatic heterocycles. The average Bonchev–Trinajstić information content (AvgIpc) is 2.65. The molecule has 2 aromatic carbocycles. The van der Waals surface area contributed by atoms with Crippen molar-refractivity contribution in [1.29, 1.82) is 0 Å². The van der Waals surface area contributed by atoms with E-state index in [0.717, 1.165) is 17.5 Å². The highest BCUT2D eigenvalue weighted by Crippen LogP contribution is 2.15. The molecule has 0 unspecified atom stereocenters. The number of hydrogen-bond acceptors (Lipinski definition) is 3. The van der Waals surface area contributed by atoms with Crippen LogP contribution in [0.25, 0.3) is 0 Å². The predicted octanol–water partition coefficient (Wildman–Crippen LogP) is 3.10. The highest BCUT2D eigenvalue weighted by Gasteiger charge is 2.30. The van der Waals surface area contributed by atoms with Gasteiger partial charge in [0, 0.05) is 13.1 Å². The number of nitrogens with one attached hydrogen (secondary N) is 1. The number of alkyl carbamates (subject to hydrolysis) is 1. The number of carbonyl (C=O) groups excluding carboxylic acids is 2. The van der Waals surface area contributed by atoms with Gasteiger partial charge < -0.3 is 15.0 Å². The summed E-state index contributed by atoms with van der Waals surface area (Å²) in [5.41, 5.74) is 2.00. The van der Waals surface area contributed by atoms with E-state index >= 15 is 0 Å². The Morgan fingerprint density at radius 3 is 2.36 bits per heavy atom. The van der Waals surface area contributed by atoms with Crippen LogP contribution in [0.3, 0.4) is 0 Å². The topological polar surface area (TPSA) is 58.6 Å². The lowest BCUT2D eigenvalue weighted by Gasteiger charge is -2.32. The maximum absolute atomic E-state index is 12.6. The van der Waals surface area contributed by atoms with Gasteiger partial charge in [0.1, 0.15) is 12.6 Å². The monoisotopic (exact) mass is 338 g/mol. The van der Waals surface area contributed by atoms with Gasteiger partial charge in [-0.05, 0) is 24.0 Å². The number of benzene rings is 2. The highest BCUT2D eigenvalue weighted by atomic mass is 16.5. The van der Waals surface area contributed by atoms with Crippen LogP contribution in [0.4, 0.5) is 4.79 Å². The average molecular weight is 338 g/mol. The molecule has 1 saturated heterocycles. The third-order valence-electron chi connectivity index (χ3n) is 4.25. The van der Waals surface area contributed by atoms with E-state index < -0.39 is 12.1 Å². The first-order valence-corrected chi connectivity index (χ1v) is 8.52. The molecule has 1 atom stereocenters. The van der Waals surface area contributed by atoms with Crippen molar-refractivity contribution in [2.75, 3.05) is 6.54 Å². The van der Waals surface area contributed by atoms with Gasteiger partial charge in [-0.1, -0.05) is 60.7 Å². The zero-order valence-corrected chi connectivity index (χ0v) is 14.1. The Morgan fingerprint density at radius 1 is 1.04 bits per heavy atom. The van der Waals surface area contributed by atoms with Crippen molar-refractivity contribution >= 4 is 12.0 Å². The van der Waals surface area contributed by atoms with Crippen LogP contribution in [0.5, 0.6) is 0 Å². The zero-order chi connectivity index (χ0) is 17.5. The molecule has 1 aliphatic rings. The van der Waals surface area contributed by atoms with E-state index in [-0.39, 0.29) is 12.5 Å². The number of carbonyl (C=O) groups is 2. The number of hydrogen-bond donors (Lipinski definition) is 1. The lowest BCUT2D eigenvalue weighted by molar-refractivity contribution is -0.136. The molecule has 0 saturated carbocycles. The molecule has 1 aliphatic heterocycles. The van der Waals surface area contributed by atoms with E-state index in [4.69, 9.17) is 4.74 Å². The fourth-order valence-electron chi connectivity index (χ4n) is 2.94. The fourth-order valence-corrected chi connectivity index (χ4v) is 2.94. The maximum Gasteiger partial charge on any atom is 0.408 e. The molecular weight excluding hydrogens is 316 g/mol. The van der Waals surface area contributed by atoms with Gasteiger partial charge in [0.25, 0.3) is 0 Å². The van der Waals surface area contributed by atoms with Crippen molar-refractivity contribution in [3.05, 3.63) is 71.8 Å². The first kappa shape index (κ1) is 17.0. The van der Waals surface area contributed by atoms with Crippen molar-refractivity contribution < 1.29 is 14.3 Å². The van der Waals surface area contributed by atoms with E-state index in [0.29, 0.717) is 19.5 Å². The molecule has 130 valence electrons. The summed E-state index contributed by atoms with van der Waals surface area (Å²) in [7, 11) is 0. The molecule has 5 nitrogen and oxygen atoms in total. The Labute approximate surface area is 147 Å². The quantitative estimate of drug-likeness (QED) is 0.911. The van der Waals surface area contributed by atoms with Crippen molar-refractivity contribution in [3.8, 4) is 0 Å². The van der Waals surface area contributed by atoms with E-state index in [1.54, 1.807) is 4.90 Å². The molecule has 3 rings (SSSR count). The van der Waals surface area contributed by atoms with Crippen molar-refractivity contribution in [2.45, 2.75) is 32.0 Å². The van der Waals surface area contributed by atoms with Gasteiger partial charge in [-0.25, -0.2) is 4.79 Å². The molecule has 0 radical (unpaired) electrons. The number of piperidine rings is 1. The van der Waals surface area contributed by atoms with E-state index in [1.165, 1.54) is 0 Å². The second-order valence-corrected chi connectivity index (χ2v) is 6.15. The summed E-state index contributed by atoms with van der Waals surface area (Å²) in [6.07, 6.45) is 0.955. The third kappa shape index (κ3) is 4.83. The van der Waals surface area contributed by atoms with Crippen LogP contribution in [0, 0.1) is 0 Å². The third-order valence-corrected chi connectivity index (χ3v) is 4.25. The van der Waals surface area contributed by atoms with Crippen LogP contribution >= 0.6 is 0 Å². The molecule has 2 amide bonds. The zero-order valence-electron chi connectivity index (χ0n) is 14.1. The Kier molecular flexibility index (Phi) is 5.67. The largest absolute Gasteiger partial charge is 0.445 e. The second-order valence-electron chi connectivity index (χ2n) is 6.15. The summed E-state index contributed by atoms with van der Waals surface area (Å²) in [4.78, 5) is 26.4. The SMILES string of the molecule is O=C(N[C@H]1CCCN(Cc2ccccc2)C1=O)OCc1ccccc1. The van der Waals surface area contributed by atoms with Gasteiger partial charge in [0.15, 0.2) is 0 Å².